The van der Waals surface area contributed by atoms with E-state index in [-0.39, 0.29) is 23.6 Å². The summed E-state index contributed by atoms with van der Waals surface area (Å²) in [6, 6.07) is 13.7. The number of likely N-dealkylation sites (N-methyl/N-ethyl adjacent to an activating group) is 1. The molecule has 0 aliphatic carbocycles. The van der Waals surface area contributed by atoms with E-state index in [1.807, 2.05) is 24.1 Å². The highest BCUT2D eigenvalue weighted by Gasteiger charge is 2.43. The fourth-order valence-corrected chi connectivity index (χ4v) is 5.27. The van der Waals surface area contributed by atoms with Gasteiger partial charge >= 0.3 is 0 Å². The molecule has 2 aliphatic heterocycles. The molecule has 34 heavy (non-hydrogen) atoms. The first-order chi connectivity index (χ1) is 16.5. The van der Waals surface area contributed by atoms with E-state index in [1.165, 1.54) is 18.2 Å². The van der Waals surface area contributed by atoms with Crippen LogP contribution in [0.15, 0.2) is 48.5 Å². The number of hydrogen-bond acceptors (Lipinski definition) is 4. The number of hydrogen-bond donors (Lipinski definition) is 2. The average molecular weight is 472 g/mol. The number of hydrazine groups is 1. The molecule has 0 radical (unpaired) electrons. The Hall–Kier alpha value is -2.35. The molecule has 0 saturated carbocycles. The van der Waals surface area contributed by atoms with Crippen molar-refractivity contribution < 1.29 is 18.3 Å². The highest BCUT2D eigenvalue weighted by atomic mass is 19.1. The van der Waals surface area contributed by atoms with Gasteiger partial charge in [0.25, 0.3) is 0 Å². The van der Waals surface area contributed by atoms with E-state index < -0.39 is 5.41 Å². The number of amides is 1. The topological polar surface area (TPSA) is 53.6 Å². The molecule has 2 aromatic rings. The maximum Gasteiger partial charge on any atom is 0.233 e. The van der Waals surface area contributed by atoms with Crippen molar-refractivity contribution in [2.45, 2.75) is 62.4 Å². The summed E-state index contributed by atoms with van der Waals surface area (Å²) in [6.45, 7) is 1.70. The molecule has 0 aromatic heterocycles. The highest BCUT2D eigenvalue weighted by Crippen LogP contribution is 2.37. The second kappa shape index (κ2) is 11.4. The van der Waals surface area contributed by atoms with Gasteiger partial charge in [-0.15, -0.1) is 0 Å². The van der Waals surface area contributed by atoms with Gasteiger partial charge in [0.05, 0.1) is 5.41 Å². The monoisotopic (exact) mass is 471 g/mol. The molecule has 2 N–H and O–H groups in total. The minimum absolute atomic E-state index is 0.0565. The molecule has 0 spiro atoms. The number of halogens is 2. The number of carbonyl (C=O) groups excluding carboxylic acids is 1. The Kier molecular flexibility index (Phi) is 8.29. The Bertz CT molecular complexity index is 964. The van der Waals surface area contributed by atoms with E-state index in [0.29, 0.717) is 38.6 Å². The van der Waals surface area contributed by atoms with E-state index in [2.05, 4.69) is 10.9 Å². The van der Waals surface area contributed by atoms with Crippen LogP contribution in [0.4, 0.5) is 8.78 Å². The SMILES string of the molecule is CN(CCCCCC1CC(c2cccc(F)c2)NN1)C(=O)C1(c2cccc(F)c2)CCOCC1. The molecule has 2 unspecified atom stereocenters. The van der Waals surface area contributed by atoms with Crippen molar-refractivity contribution in [3.8, 4) is 0 Å². The summed E-state index contributed by atoms with van der Waals surface area (Å²) < 4.78 is 32.9. The molecule has 5 nitrogen and oxygen atoms in total. The lowest BCUT2D eigenvalue weighted by Crippen LogP contribution is -2.49. The van der Waals surface area contributed by atoms with Crippen molar-refractivity contribution in [2.75, 3.05) is 26.8 Å². The molecule has 0 bridgehead atoms. The van der Waals surface area contributed by atoms with E-state index >= 15 is 0 Å². The third-order valence-electron chi connectivity index (χ3n) is 7.26. The first-order valence-electron chi connectivity index (χ1n) is 12.3. The Morgan fingerprint density at radius 3 is 2.50 bits per heavy atom. The predicted molar refractivity (Wildman–Crippen MR) is 128 cm³/mol. The Balaban J connectivity index is 1.23. The van der Waals surface area contributed by atoms with Crippen LogP contribution < -0.4 is 10.9 Å². The summed E-state index contributed by atoms with van der Waals surface area (Å²) in [6.07, 6.45) is 6.11. The van der Waals surface area contributed by atoms with Crippen LogP contribution in [0, 0.1) is 11.6 Å². The molecule has 184 valence electrons. The standard InChI is InChI=1S/C27H35F2N3O2/c1-32(26(33)27(12-15-34-16-13-27)21-8-6-10-23(29)18-21)14-4-2-3-11-24-19-25(31-30-24)20-7-5-9-22(28)17-20/h5-10,17-18,24-25,30-31H,2-4,11-16,19H2,1H3. The van der Waals surface area contributed by atoms with Gasteiger partial charge in [-0.05, 0) is 67.5 Å². The summed E-state index contributed by atoms with van der Waals surface area (Å²) in [7, 11) is 1.85. The van der Waals surface area contributed by atoms with Gasteiger partial charge in [-0.1, -0.05) is 37.1 Å². The summed E-state index contributed by atoms with van der Waals surface area (Å²) in [5.41, 5.74) is 7.62. The molecule has 2 saturated heterocycles. The zero-order valence-corrected chi connectivity index (χ0v) is 19.9. The number of benzene rings is 2. The summed E-state index contributed by atoms with van der Waals surface area (Å²) >= 11 is 0. The van der Waals surface area contributed by atoms with Gasteiger partial charge in [0.15, 0.2) is 0 Å². The number of carbonyl (C=O) groups is 1. The third kappa shape index (κ3) is 5.82. The van der Waals surface area contributed by atoms with Crippen LogP contribution in [-0.4, -0.2) is 43.7 Å². The van der Waals surface area contributed by atoms with Crippen LogP contribution in [0.25, 0.3) is 0 Å². The van der Waals surface area contributed by atoms with Crippen LogP contribution >= 0.6 is 0 Å². The lowest BCUT2D eigenvalue weighted by Gasteiger charge is -2.39. The van der Waals surface area contributed by atoms with Crippen LogP contribution in [0.5, 0.6) is 0 Å². The van der Waals surface area contributed by atoms with Crippen LogP contribution in [-0.2, 0) is 14.9 Å². The second-order valence-electron chi connectivity index (χ2n) is 9.61. The molecule has 2 heterocycles. The minimum atomic E-state index is -0.708. The molecular formula is C27H35F2N3O2. The van der Waals surface area contributed by atoms with Gasteiger partial charge in [-0.2, -0.15) is 0 Å². The summed E-state index contributed by atoms with van der Waals surface area (Å²) in [4.78, 5) is 15.3. The van der Waals surface area contributed by atoms with E-state index in [4.69, 9.17) is 4.74 Å². The van der Waals surface area contributed by atoms with Crippen LogP contribution in [0.3, 0.4) is 0 Å². The quantitative estimate of drug-likeness (QED) is 0.523. The smallest absolute Gasteiger partial charge is 0.233 e. The molecule has 2 atom stereocenters. The Labute approximate surface area is 200 Å². The van der Waals surface area contributed by atoms with Crippen molar-refractivity contribution >= 4 is 5.91 Å². The van der Waals surface area contributed by atoms with Crippen LogP contribution in [0.1, 0.15) is 62.1 Å². The fourth-order valence-electron chi connectivity index (χ4n) is 5.27. The van der Waals surface area contributed by atoms with E-state index in [9.17, 15) is 13.6 Å². The molecule has 2 aliphatic rings. The van der Waals surface area contributed by atoms with E-state index in [1.54, 1.807) is 18.2 Å². The molecule has 2 fully saturated rings. The zero-order valence-electron chi connectivity index (χ0n) is 19.9. The number of nitrogens with zero attached hydrogens (tertiary/aromatic N) is 1. The average Bonchev–Trinajstić information content (AvgIpc) is 3.33. The third-order valence-corrected chi connectivity index (χ3v) is 7.26. The van der Waals surface area contributed by atoms with Gasteiger partial charge in [-0.3, -0.25) is 15.6 Å². The van der Waals surface area contributed by atoms with Crippen molar-refractivity contribution in [1.29, 1.82) is 0 Å². The van der Waals surface area contributed by atoms with Crippen molar-refractivity contribution in [3.05, 3.63) is 71.3 Å². The minimum Gasteiger partial charge on any atom is -0.381 e. The molecule has 4 rings (SSSR count). The maximum atomic E-state index is 13.9. The van der Waals surface area contributed by atoms with Crippen molar-refractivity contribution in [2.24, 2.45) is 0 Å². The van der Waals surface area contributed by atoms with Gasteiger partial charge in [-0.25, -0.2) is 8.78 Å². The van der Waals surface area contributed by atoms with Crippen molar-refractivity contribution in [1.82, 2.24) is 15.8 Å². The maximum absolute atomic E-state index is 13.9. The van der Waals surface area contributed by atoms with Gasteiger partial charge in [0.2, 0.25) is 5.91 Å². The van der Waals surface area contributed by atoms with Crippen molar-refractivity contribution in [3.63, 3.8) is 0 Å². The summed E-state index contributed by atoms with van der Waals surface area (Å²) in [5.74, 6) is -0.462. The lowest BCUT2D eigenvalue weighted by atomic mass is 9.73. The molecule has 1 amide bonds. The second-order valence-corrected chi connectivity index (χ2v) is 9.61. The van der Waals surface area contributed by atoms with Crippen LogP contribution in [0.2, 0.25) is 0 Å². The first-order valence-corrected chi connectivity index (χ1v) is 12.3. The molecular weight excluding hydrogens is 436 g/mol. The largest absolute Gasteiger partial charge is 0.381 e. The van der Waals surface area contributed by atoms with Gasteiger partial charge in [0.1, 0.15) is 11.6 Å². The van der Waals surface area contributed by atoms with Gasteiger partial charge < -0.3 is 9.64 Å². The fraction of sp³-hybridized carbons (Fsp3) is 0.519. The number of ether oxygens (including phenoxy) is 1. The number of nitrogens with one attached hydrogen (secondary N) is 2. The lowest BCUT2D eigenvalue weighted by molar-refractivity contribution is -0.140. The zero-order chi connectivity index (χ0) is 24.0. The number of unbranched alkanes of at least 4 members (excludes halogenated alkanes) is 2. The van der Waals surface area contributed by atoms with E-state index in [0.717, 1.165) is 43.2 Å². The number of rotatable bonds is 9. The highest BCUT2D eigenvalue weighted by molar-refractivity contribution is 5.88. The van der Waals surface area contributed by atoms with Gasteiger partial charge in [0, 0.05) is 38.9 Å². The summed E-state index contributed by atoms with van der Waals surface area (Å²) in [5, 5.41) is 0. The normalized spacial score (nSPS) is 22.0. The predicted octanol–water partition coefficient (Wildman–Crippen LogP) is 4.64. The first kappa shape index (κ1) is 24.8. The molecule has 2 aromatic carbocycles. The Morgan fingerprint density at radius 1 is 1.03 bits per heavy atom. The molecule has 7 heteroatoms. The Morgan fingerprint density at radius 2 is 1.76 bits per heavy atom.